The molecule has 0 aliphatic carbocycles. The van der Waals surface area contributed by atoms with Crippen LogP contribution in [-0.2, 0) is 22.7 Å². The molecule has 0 saturated heterocycles. The topological polar surface area (TPSA) is 101 Å². The van der Waals surface area contributed by atoms with E-state index in [2.05, 4.69) is 5.16 Å². The number of hydrogen-bond donors (Lipinski definition) is 1. The first-order valence-corrected chi connectivity index (χ1v) is 10.3. The predicted molar refractivity (Wildman–Crippen MR) is 123 cm³/mol. The van der Waals surface area contributed by atoms with Crippen molar-refractivity contribution in [2.45, 2.75) is 13.0 Å². The fraction of sp³-hybridized carbons (Fsp3) is 0.192. The van der Waals surface area contributed by atoms with Gasteiger partial charge in [-0.25, -0.2) is 0 Å². The van der Waals surface area contributed by atoms with Crippen molar-refractivity contribution in [3.05, 3.63) is 95.6 Å². The maximum Gasteiger partial charge on any atom is 0.321 e. The Morgan fingerprint density at radius 2 is 1.73 bits per heavy atom. The molecule has 7 nitrogen and oxygen atoms in total. The second-order valence-corrected chi connectivity index (χ2v) is 7.18. The molecule has 1 atom stereocenters. The van der Waals surface area contributed by atoms with Gasteiger partial charge in [0.05, 0.1) is 6.07 Å². The van der Waals surface area contributed by atoms with Crippen LogP contribution in [0.15, 0.2) is 84.0 Å². The second-order valence-electron chi connectivity index (χ2n) is 7.18. The summed E-state index contributed by atoms with van der Waals surface area (Å²) in [7, 11) is 1.50. The largest absolute Gasteiger partial charge is 0.489 e. The molecule has 0 amide bonds. The van der Waals surface area contributed by atoms with E-state index in [0.29, 0.717) is 23.8 Å². The molecule has 7 heteroatoms. The van der Waals surface area contributed by atoms with E-state index < -0.39 is 11.9 Å². The standard InChI is InChI=1S/C26H24N2O5/c1-31-28-25(21-7-3-2-4-8-21)18-33-24-9-5-6-20(15-24)17-32-23-12-10-19(11-13-23)14-22(16-27)26(29)30/h2-13,15,22H,14,17-18H2,1H3,(H,29,30). The van der Waals surface area contributed by atoms with Gasteiger partial charge in [-0.05, 0) is 41.8 Å². The molecule has 33 heavy (non-hydrogen) atoms. The zero-order valence-corrected chi connectivity index (χ0v) is 18.2. The van der Waals surface area contributed by atoms with Crippen molar-refractivity contribution in [1.82, 2.24) is 0 Å². The summed E-state index contributed by atoms with van der Waals surface area (Å²) in [6.45, 7) is 0.591. The van der Waals surface area contributed by atoms with Crippen LogP contribution in [0.1, 0.15) is 16.7 Å². The number of oxime groups is 1. The summed E-state index contributed by atoms with van der Waals surface area (Å²) < 4.78 is 11.7. The van der Waals surface area contributed by atoms with Crippen LogP contribution in [0, 0.1) is 17.2 Å². The first-order valence-electron chi connectivity index (χ1n) is 10.3. The molecular formula is C26H24N2O5. The minimum atomic E-state index is -1.12. The molecule has 0 aromatic heterocycles. The van der Waals surface area contributed by atoms with E-state index in [1.165, 1.54) is 7.11 Å². The Morgan fingerprint density at radius 1 is 0.970 bits per heavy atom. The van der Waals surface area contributed by atoms with Crippen molar-refractivity contribution in [2.24, 2.45) is 11.1 Å². The van der Waals surface area contributed by atoms with Crippen LogP contribution in [0.4, 0.5) is 0 Å². The van der Waals surface area contributed by atoms with E-state index in [1.807, 2.05) is 54.6 Å². The summed E-state index contributed by atoms with van der Waals surface area (Å²) in [5.74, 6) is -0.852. The molecule has 3 rings (SSSR count). The first kappa shape index (κ1) is 23.4. The first-order chi connectivity index (χ1) is 16.1. The van der Waals surface area contributed by atoms with Gasteiger partial charge in [0.1, 0.15) is 43.5 Å². The maximum atomic E-state index is 11.0. The Balaban J connectivity index is 1.56. The van der Waals surface area contributed by atoms with Gasteiger partial charge in [0.15, 0.2) is 0 Å². The second kappa shape index (κ2) is 11.9. The summed E-state index contributed by atoms with van der Waals surface area (Å²) in [6, 6.07) is 26.1. The van der Waals surface area contributed by atoms with E-state index in [1.54, 1.807) is 30.3 Å². The third kappa shape index (κ3) is 7.11. The Morgan fingerprint density at radius 3 is 2.39 bits per heavy atom. The van der Waals surface area contributed by atoms with Gasteiger partial charge < -0.3 is 19.4 Å². The zero-order valence-electron chi connectivity index (χ0n) is 18.2. The average Bonchev–Trinajstić information content (AvgIpc) is 2.85. The minimum absolute atomic E-state index is 0.156. The third-order valence-corrected chi connectivity index (χ3v) is 4.81. The lowest BCUT2D eigenvalue weighted by molar-refractivity contribution is -0.139. The molecule has 0 aliphatic heterocycles. The molecule has 0 radical (unpaired) electrons. The third-order valence-electron chi connectivity index (χ3n) is 4.81. The van der Waals surface area contributed by atoms with E-state index in [4.69, 9.17) is 24.7 Å². The molecule has 3 aromatic carbocycles. The fourth-order valence-electron chi connectivity index (χ4n) is 3.09. The van der Waals surface area contributed by atoms with Crippen molar-refractivity contribution in [3.8, 4) is 17.6 Å². The van der Waals surface area contributed by atoms with Crippen LogP contribution < -0.4 is 9.47 Å². The molecule has 0 heterocycles. The highest BCUT2D eigenvalue weighted by Gasteiger charge is 2.16. The monoisotopic (exact) mass is 444 g/mol. The van der Waals surface area contributed by atoms with Gasteiger partial charge in [-0.2, -0.15) is 5.26 Å². The summed E-state index contributed by atoms with van der Waals surface area (Å²) in [5.41, 5.74) is 3.30. The molecule has 1 unspecified atom stereocenters. The quantitative estimate of drug-likeness (QED) is 0.346. The van der Waals surface area contributed by atoms with Crippen molar-refractivity contribution in [2.75, 3.05) is 13.7 Å². The lowest BCUT2D eigenvalue weighted by atomic mass is 10.0. The highest BCUT2D eigenvalue weighted by molar-refractivity contribution is 6.01. The van der Waals surface area contributed by atoms with Gasteiger partial charge in [0.25, 0.3) is 0 Å². The van der Waals surface area contributed by atoms with E-state index >= 15 is 0 Å². The molecule has 0 fully saturated rings. The van der Waals surface area contributed by atoms with Gasteiger partial charge in [0, 0.05) is 5.56 Å². The average molecular weight is 444 g/mol. The molecule has 0 spiro atoms. The van der Waals surface area contributed by atoms with E-state index in [9.17, 15) is 4.79 Å². The number of aliphatic carboxylic acids is 1. The van der Waals surface area contributed by atoms with Crippen LogP contribution in [0.2, 0.25) is 0 Å². The number of carbonyl (C=O) groups is 1. The Kier molecular flexibility index (Phi) is 8.43. The molecule has 0 bridgehead atoms. The lowest BCUT2D eigenvalue weighted by Gasteiger charge is -2.11. The van der Waals surface area contributed by atoms with E-state index in [0.717, 1.165) is 16.7 Å². The van der Waals surface area contributed by atoms with Crippen molar-refractivity contribution in [1.29, 1.82) is 5.26 Å². The highest BCUT2D eigenvalue weighted by atomic mass is 16.6. The number of carboxylic acid groups (broad SMARTS) is 1. The highest BCUT2D eigenvalue weighted by Crippen LogP contribution is 2.19. The SMILES string of the molecule is CON=C(COc1cccc(COc2ccc(CC(C#N)C(=O)O)cc2)c1)c1ccccc1. The van der Waals surface area contributed by atoms with Gasteiger partial charge in [0.2, 0.25) is 0 Å². The van der Waals surface area contributed by atoms with Crippen molar-refractivity contribution >= 4 is 11.7 Å². The molecular weight excluding hydrogens is 420 g/mol. The smallest absolute Gasteiger partial charge is 0.321 e. The Bertz CT molecular complexity index is 1120. The van der Waals surface area contributed by atoms with Gasteiger partial charge in [-0.1, -0.05) is 59.8 Å². The summed E-state index contributed by atoms with van der Waals surface area (Å²) in [4.78, 5) is 16.0. The number of carboxylic acids is 1. The van der Waals surface area contributed by atoms with Crippen LogP contribution >= 0.6 is 0 Å². The van der Waals surface area contributed by atoms with Crippen LogP contribution in [0.25, 0.3) is 0 Å². The molecule has 0 aliphatic rings. The lowest BCUT2D eigenvalue weighted by Crippen LogP contribution is -2.14. The van der Waals surface area contributed by atoms with Gasteiger partial charge in [-0.15, -0.1) is 0 Å². The van der Waals surface area contributed by atoms with Gasteiger partial charge in [-0.3, -0.25) is 4.79 Å². The molecule has 0 saturated carbocycles. The Labute approximate surface area is 192 Å². The zero-order chi connectivity index (χ0) is 23.5. The number of benzene rings is 3. The normalized spacial score (nSPS) is 11.8. The van der Waals surface area contributed by atoms with Crippen LogP contribution in [-0.4, -0.2) is 30.5 Å². The van der Waals surface area contributed by atoms with Crippen molar-refractivity contribution in [3.63, 3.8) is 0 Å². The maximum absolute atomic E-state index is 11.0. The number of rotatable bonds is 11. The fourth-order valence-corrected chi connectivity index (χ4v) is 3.09. The molecule has 1 N–H and O–H groups in total. The van der Waals surface area contributed by atoms with Crippen LogP contribution in [0.3, 0.4) is 0 Å². The number of nitriles is 1. The Hall–Kier alpha value is -4.31. The number of nitrogens with zero attached hydrogens (tertiary/aromatic N) is 2. The van der Waals surface area contributed by atoms with Gasteiger partial charge >= 0.3 is 5.97 Å². The minimum Gasteiger partial charge on any atom is -0.489 e. The molecule has 168 valence electrons. The van der Waals surface area contributed by atoms with E-state index in [-0.39, 0.29) is 13.0 Å². The summed E-state index contributed by atoms with van der Waals surface area (Å²) in [5, 5.41) is 22.0. The predicted octanol–water partition coefficient (Wildman–Crippen LogP) is 4.46. The van der Waals surface area contributed by atoms with Crippen LogP contribution in [0.5, 0.6) is 11.5 Å². The molecule has 3 aromatic rings. The summed E-state index contributed by atoms with van der Waals surface area (Å²) in [6.07, 6.45) is 0.156. The van der Waals surface area contributed by atoms with Crippen molar-refractivity contribution < 1.29 is 24.2 Å². The number of hydrogen-bond acceptors (Lipinski definition) is 6. The summed E-state index contributed by atoms with van der Waals surface area (Å²) >= 11 is 0. The number of ether oxygens (including phenoxy) is 2.